The van der Waals surface area contributed by atoms with Crippen LogP contribution in [0.1, 0.15) is 32.0 Å². The zero-order valence-corrected chi connectivity index (χ0v) is 13.3. The number of H-pyrrole nitrogens is 1. The van der Waals surface area contributed by atoms with E-state index in [1.807, 2.05) is 39.0 Å². The number of aromatic nitrogens is 1. The van der Waals surface area contributed by atoms with E-state index in [1.165, 1.54) is 16.6 Å². The smallest absolute Gasteiger partial charge is 0.0741 e. The molecular weight excluding hydrogens is 272 g/mol. The Bertz CT molecular complexity index is 598. The Labute approximate surface area is 125 Å². The summed E-state index contributed by atoms with van der Waals surface area (Å²) >= 11 is 6.08. The van der Waals surface area contributed by atoms with Crippen LogP contribution >= 0.6 is 11.6 Å². The largest absolute Gasteiger partial charge is 0.389 e. The van der Waals surface area contributed by atoms with Gasteiger partial charge in [-0.25, -0.2) is 0 Å². The van der Waals surface area contributed by atoms with Crippen LogP contribution in [0.5, 0.6) is 0 Å². The quantitative estimate of drug-likeness (QED) is 0.791. The van der Waals surface area contributed by atoms with E-state index in [4.69, 9.17) is 11.6 Å². The monoisotopic (exact) mass is 294 g/mol. The molecule has 1 aromatic carbocycles. The Kier molecular flexibility index (Phi) is 4.43. The van der Waals surface area contributed by atoms with Gasteiger partial charge in [0.05, 0.1) is 5.60 Å². The second-order valence-corrected chi connectivity index (χ2v) is 6.43. The van der Waals surface area contributed by atoms with E-state index in [1.54, 1.807) is 0 Å². The highest BCUT2D eigenvalue weighted by molar-refractivity contribution is 6.31. The molecule has 20 heavy (non-hydrogen) atoms. The molecule has 2 rings (SSSR count). The molecule has 0 radical (unpaired) electrons. The van der Waals surface area contributed by atoms with Crippen LogP contribution in [0.2, 0.25) is 5.02 Å². The van der Waals surface area contributed by atoms with Crippen LogP contribution in [-0.4, -0.2) is 28.3 Å². The fourth-order valence-corrected chi connectivity index (χ4v) is 2.51. The van der Waals surface area contributed by atoms with Crippen molar-refractivity contribution in [3.05, 3.63) is 34.5 Å². The highest BCUT2D eigenvalue weighted by atomic mass is 35.5. The maximum absolute atomic E-state index is 9.92. The van der Waals surface area contributed by atoms with Gasteiger partial charge in [-0.1, -0.05) is 11.6 Å². The zero-order chi connectivity index (χ0) is 14.9. The number of hydrogen-bond acceptors (Lipinski definition) is 2. The molecule has 1 atom stereocenters. The molecule has 0 saturated heterocycles. The van der Waals surface area contributed by atoms with Crippen LogP contribution in [0.4, 0.5) is 0 Å². The number of aliphatic hydroxyl groups is 1. The van der Waals surface area contributed by atoms with Crippen molar-refractivity contribution in [1.29, 1.82) is 0 Å². The molecule has 1 aromatic heterocycles. The number of hydrogen-bond donors (Lipinski definition) is 3. The second-order valence-electron chi connectivity index (χ2n) is 6.00. The molecule has 4 heteroatoms. The van der Waals surface area contributed by atoms with Crippen LogP contribution in [0, 0.1) is 6.92 Å². The molecule has 0 aliphatic rings. The van der Waals surface area contributed by atoms with Crippen molar-refractivity contribution in [1.82, 2.24) is 10.3 Å². The second kappa shape index (κ2) is 5.76. The molecule has 0 amide bonds. The number of aryl methyl sites for hydroxylation is 1. The number of aromatic amines is 1. The third-order valence-corrected chi connectivity index (χ3v) is 4.20. The lowest BCUT2D eigenvalue weighted by Crippen LogP contribution is -2.45. The minimum Gasteiger partial charge on any atom is -0.389 e. The van der Waals surface area contributed by atoms with E-state index >= 15 is 0 Å². The summed E-state index contributed by atoms with van der Waals surface area (Å²) in [5, 5.41) is 15.2. The summed E-state index contributed by atoms with van der Waals surface area (Å²) in [7, 11) is 0. The molecule has 3 N–H and O–H groups in total. The predicted molar refractivity (Wildman–Crippen MR) is 85.5 cm³/mol. The van der Waals surface area contributed by atoms with Gasteiger partial charge >= 0.3 is 0 Å². The topological polar surface area (TPSA) is 48.0 Å². The molecule has 0 saturated carbocycles. The Hall–Kier alpha value is -1.03. The van der Waals surface area contributed by atoms with Crippen molar-refractivity contribution < 1.29 is 5.11 Å². The number of halogens is 1. The molecule has 0 bridgehead atoms. The van der Waals surface area contributed by atoms with E-state index in [0.29, 0.717) is 0 Å². The zero-order valence-electron chi connectivity index (χ0n) is 12.5. The standard InChI is InChI=1S/C16H23ClN2O/c1-10-13(7-8-18-11(2)16(3,4)20)14-9-12(17)5-6-15(14)19-10/h5-6,9,11,18-20H,7-8H2,1-4H3. The Balaban J connectivity index is 2.10. The van der Waals surface area contributed by atoms with Crippen LogP contribution < -0.4 is 5.32 Å². The average molecular weight is 295 g/mol. The highest BCUT2D eigenvalue weighted by Gasteiger charge is 2.21. The molecule has 2 aromatic rings. The fraction of sp³-hybridized carbons (Fsp3) is 0.500. The maximum atomic E-state index is 9.92. The van der Waals surface area contributed by atoms with Gasteiger partial charge in [-0.3, -0.25) is 0 Å². The average Bonchev–Trinajstić information content (AvgIpc) is 2.64. The molecule has 0 aliphatic carbocycles. The van der Waals surface area contributed by atoms with E-state index in [9.17, 15) is 5.11 Å². The first kappa shape index (κ1) is 15.4. The van der Waals surface area contributed by atoms with Crippen LogP contribution in [0.15, 0.2) is 18.2 Å². The fourth-order valence-electron chi connectivity index (χ4n) is 2.34. The highest BCUT2D eigenvalue weighted by Crippen LogP contribution is 2.25. The third-order valence-electron chi connectivity index (χ3n) is 3.97. The van der Waals surface area contributed by atoms with Crippen molar-refractivity contribution in [2.45, 2.75) is 45.8 Å². The van der Waals surface area contributed by atoms with Gasteiger partial charge < -0.3 is 15.4 Å². The Morgan fingerprint density at radius 3 is 2.75 bits per heavy atom. The summed E-state index contributed by atoms with van der Waals surface area (Å²) in [5.41, 5.74) is 2.88. The number of benzene rings is 1. The predicted octanol–water partition coefficient (Wildman–Crippen LogP) is 3.42. The minimum atomic E-state index is -0.710. The van der Waals surface area contributed by atoms with Gasteiger partial charge in [-0.2, -0.15) is 0 Å². The SMILES string of the molecule is Cc1[nH]c2ccc(Cl)cc2c1CCNC(C)C(C)(C)O. The minimum absolute atomic E-state index is 0.0524. The van der Waals surface area contributed by atoms with Crippen molar-refractivity contribution in [3.63, 3.8) is 0 Å². The summed E-state index contributed by atoms with van der Waals surface area (Å²) in [5.74, 6) is 0. The first-order valence-corrected chi connectivity index (χ1v) is 7.39. The van der Waals surface area contributed by atoms with E-state index in [2.05, 4.69) is 17.2 Å². The lowest BCUT2D eigenvalue weighted by Gasteiger charge is -2.26. The van der Waals surface area contributed by atoms with E-state index in [-0.39, 0.29) is 6.04 Å². The molecule has 0 aliphatic heterocycles. The van der Waals surface area contributed by atoms with Crippen molar-refractivity contribution in [2.75, 3.05) is 6.54 Å². The molecule has 3 nitrogen and oxygen atoms in total. The maximum Gasteiger partial charge on any atom is 0.0741 e. The van der Waals surface area contributed by atoms with E-state index in [0.717, 1.165) is 23.5 Å². The number of nitrogens with one attached hydrogen (secondary N) is 2. The Morgan fingerprint density at radius 1 is 1.40 bits per heavy atom. The molecule has 110 valence electrons. The van der Waals surface area contributed by atoms with Gasteiger partial charge in [0.25, 0.3) is 0 Å². The van der Waals surface area contributed by atoms with Gasteiger partial charge in [0.2, 0.25) is 0 Å². The first-order valence-electron chi connectivity index (χ1n) is 7.01. The van der Waals surface area contributed by atoms with E-state index < -0.39 is 5.60 Å². The van der Waals surface area contributed by atoms with Crippen molar-refractivity contribution in [3.8, 4) is 0 Å². The summed E-state index contributed by atoms with van der Waals surface area (Å²) in [6.45, 7) is 8.55. The first-order chi connectivity index (χ1) is 9.29. The lowest BCUT2D eigenvalue weighted by molar-refractivity contribution is 0.0446. The molecule has 1 heterocycles. The summed E-state index contributed by atoms with van der Waals surface area (Å²) in [6.07, 6.45) is 0.909. The van der Waals surface area contributed by atoms with Gasteiger partial charge in [0.1, 0.15) is 0 Å². The Morgan fingerprint density at radius 2 is 2.10 bits per heavy atom. The molecular formula is C16H23ClN2O. The third kappa shape index (κ3) is 3.35. The van der Waals surface area contributed by atoms with Gasteiger partial charge in [0, 0.05) is 27.7 Å². The van der Waals surface area contributed by atoms with Crippen LogP contribution in [0.25, 0.3) is 10.9 Å². The number of rotatable bonds is 5. The van der Waals surface area contributed by atoms with Gasteiger partial charge in [-0.05, 0) is 64.4 Å². The molecule has 0 fully saturated rings. The number of fused-ring (bicyclic) bond motifs is 1. The normalized spacial score (nSPS) is 13.9. The van der Waals surface area contributed by atoms with Crippen molar-refractivity contribution in [2.24, 2.45) is 0 Å². The summed E-state index contributed by atoms with van der Waals surface area (Å²) < 4.78 is 0. The van der Waals surface area contributed by atoms with Crippen LogP contribution in [-0.2, 0) is 6.42 Å². The van der Waals surface area contributed by atoms with Gasteiger partial charge in [-0.15, -0.1) is 0 Å². The van der Waals surface area contributed by atoms with Crippen LogP contribution in [0.3, 0.4) is 0 Å². The van der Waals surface area contributed by atoms with Crippen molar-refractivity contribution >= 4 is 22.5 Å². The molecule has 0 spiro atoms. The summed E-state index contributed by atoms with van der Waals surface area (Å²) in [4.78, 5) is 3.39. The molecule has 1 unspecified atom stereocenters. The van der Waals surface area contributed by atoms with Gasteiger partial charge in [0.15, 0.2) is 0 Å². The lowest BCUT2D eigenvalue weighted by atomic mass is 10.0. The summed E-state index contributed by atoms with van der Waals surface area (Å²) in [6, 6.07) is 5.98.